The molecule has 0 fully saturated rings. The van der Waals surface area contributed by atoms with Crippen LogP contribution in [0.15, 0.2) is 18.2 Å². The molecule has 0 bridgehead atoms. The van der Waals surface area contributed by atoms with E-state index in [4.69, 9.17) is 4.74 Å². The molecule has 1 aromatic carbocycles. The van der Waals surface area contributed by atoms with Gasteiger partial charge in [0.1, 0.15) is 5.75 Å². The summed E-state index contributed by atoms with van der Waals surface area (Å²) in [5, 5.41) is 2.88. The molecule has 18 heavy (non-hydrogen) atoms. The number of rotatable bonds is 4. The maximum Gasteiger partial charge on any atom is 0.216 e. The Bertz CT molecular complexity index is 443. The van der Waals surface area contributed by atoms with Crippen molar-refractivity contribution in [2.75, 3.05) is 27.2 Å². The Kier molecular flexibility index (Phi) is 3.87. The number of carbonyl (C=O) groups excluding carboxylic acids is 1. The van der Waals surface area contributed by atoms with Crippen LogP contribution in [0.4, 0.5) is 0 Å². The van der Waals surface area contributed by atoms with Gasteiger partial charge < -0.3 is 15.0 Å². The van der Waals surface area contributed by atoms with Crippen LogP contribution < -0.4 is 10.1 Å². The van der Waals surface area contributed by atoms with Gasteiger partial charge in [-0.15, -0.1) is 0 Å². The third kappa shape index (κ3) is 2.82. The summed E-state index contributed by atoms with van der Waals surface area (Å²) in [5.41, 5.74) is 2.49. The number of carbonyl (C=O) groups is 1. The Morgan fingerprint density at radius 2 is 2.28 bits per heavy atom. The largest absolute Gasteiger partial charge is 0.493 e. The molecule has 1 aliphatic heterocycles. The van der Waals surface area contributed by atoms with Gasteiger partial charge in [-0.25, -0.2) is 0 Å². The summed E-state index contributed by atoms with van der Waals surface area (Å²) in [6.07, 6.45) is 0.976. The van der Waals surface area contributed by atoms with Crippen molar-refractivity contribution in [2.24, 2.45) is 0 Å². The normalized spacial score (nSPS) is 15.1. The minimum atomic E-state index is 0.00587. The summed E-state index contributed by atoms with van der Waals surface area (Å²) >= 11 is 0. The van der Waals surface area contributed by atoms with Crippen LogP contribution in [0.5, 0.6) is 5.75 Å². The number of ether oxygens (including phenoxy) is 1. The highest BCUT2D eigenvalue weighted by Crippen LogP contribution is 2.29. The van der Waals surface area contributed by atoms with Crippen LogP contribution in [-0.4, -0.2) is 38.1 Å². The van der Waals surface area contributed by atoms with Gasteiger partial charge in [-0.05, 0) is 31.3 Å². The molecule has 0 aliphatic carbocycles. The van der Waals surface area contributed by atoms with Crippen LogP contribution >= 0.6 is 0 Å². The molecule has 0 saturated heterocycles. The van der Waals surface area contributed by atoms with Crippen LogP contribution in [-0.2, 0) is 11.2 Å². The quantitative estimate of drug-likeness (QED) is 0.874. The molecule has 2 rings (SSSR count). The molecule has 98 valence electrons. The fourth-order valence-electron chi connectivity index (χ4n) is 2.25. The van der Waals surface area contributed by atoms with E-state index in [1.807, 2.05) is 20.2 Å². The van der Waals surface area contributed by atoms with Gasteiger partial charge in [-0.2, -0.15) is 0 Å². The Morgan fingerprint density at radius 3 is 2.94 bits per heavy atom. The van der Waals surface area contributed by atoms with E-state index in [9.17, 15) is 4.79 Å². The zero-order chi connectivity index (χ0) is 13.1. The molecule has 4 nitrogen and oxygen atoms in total. The van der Waals surface area contributed by atoms with Crippen molar-refractivity contribution in [3.63, 3.8) is 0 Å². The van der Waals surface area contributed by atoms with E-state index >= 15 is 0 Å². The summed E-state index contributed by atoms with van der Waals surface area (Å²) in [7, 11) is 4.05. The number of nitrogens with one attached hydrogen (secondary N) is 1. The van der Waals surface area contributed by atoms with Crippen molar-refractivity contribution in [1.29, 1.82) is 0 Å². The zero-order valence-electron chi connectivity index (χ0n) is 11.2. The second-order valence-electron chi connectivity index (χ2n) is 4.88. The summed E-state index contributed by atoms with van der Waals surface area (Å²) in [6.45, 7) is 2.95. The molecule has 1 aliphatic rings. The third-order valence-corrected chi connectivity index (χ3v) is 3.27. The van der Waals surface area contributed by atoms with Gasteiger partial charge in [0, 0.05) is 19.9 Å². The van der Waals surface area contributed by atoms with E-state index in [1.165, 1.54) is 11.1 Å². The predicted octanol–water partition coefficient (Wildman–Crippen LogP) is 1.36. The molecule has 4 heteroatoms. The van der Waals surface area contributed by atoms with E-state index in [-0.39, 0.29) is 11.9 Å². The highest BCUT2D eigenvalue weighted by molar-refractivity contribution is 5.72. The lowest BCUT2D eigenvalue weighted by Crippen LogP contribution is -2.33. The second kappa shape index (κ2) is 5.40. The number of hydrogen-bond acceptors (Lipinski definition) is 3. The number of benzene rings is 1. The molecule has 0 saturated carbocycles. The highest BCUT2D eigenvalue weighted by atomic mass is 16.5. The topological polar surface area (TPSA) is 41.6 Å². The molecule has 1 heterocycles. The fourth-order valence-corrected chi connectivity index (χ4v) is 2.25. The molecule has 0 aromatic heterocycles. The van der Waals surface area contributed by atoms with Gasteiger partial charge in [-0.3, -0.25) is 4.79 Å². The van der Waals surface area contributed by atoms with Crippen molar-refractivity contribution in [2.45, 2.75) is 19.4 Å². The monoisotopic (exact) mass is 248 g/mol. The van der Waals surface area contributed by atoms with E-state index in [1.54, 1.807) is 6.92 Å². The van der Waals surface area contributed by atoms with Crippen LogP contribution in [0.1, 0.15) is 24.1 Å². The molecule has 0 radical (unpaired) electrons. The molecule has 1 N–H and O–H groups in total. The number of likely N-dealkylation sites (N-methyl/N-ethyl adjacent to an activating group) is 1. The summed E-state index contributed by atoms with van der Waals surface area (Å²) in [5.74, 6) is 1.00. The van der Waals surface area contributed by atoms with Crippen molar-refractivity contribution in [3.8, 4) is 5.75 Å². The van der Waals surface area contributed by atoms with Crippen LogP contribution in [0.25, 0.3) is 0 Å². The maximum absolute atomic E-state index is 11.0. The molecular formula is C14H20N2O2. The van der Waals surface area contributed by atoms with Crippen molar-refractivity contribution < 1.29 is 9.53 Å². The van der Waals surface area contributed by atoms with Gasteiger partial charge in [-0.1, -0.05) is 12.1 Å². The lowest BCUT2D eigenvalue weighted by atomic mass is 10.0. The number of amides is 1. The molecule has 1 atom stereocenters. The molecule has 1 aromatic rings. The van der Waals surface area contributed by atoms with E-state index in [2.05, 4.69) is 22.3 Å². The summed E-state index contributed by atoms with van der Waals surface area (Å²) in [4.78, 5) is 13.2. The Balaban J connectivity index is 2.17. The minimum Gasteiger partial charge on any atom is -0.493 e. The van der Waals surface area contributed by atoms with Crippen LogP contribution in [0.2, 0.25) is 0 Å². The molecular weight excluding hydrogens is 228 g/mol. The predicted molar refractivity (Wildman–Crippen MR) is 70.8 cm³/mol. The van der Waals surface area contributed by atoms with Gasteiger partial charge in [0.05, 0.1) is 12.6 Å². The van der Waals surface area contributed by atoms with Crippen LogP contribution in [0.3, 0.4) is 0 Å². The van der Waals surface area contributed by atoms with E-state index < -0.39 is 0 Å². The number of nitrogens with zero attached hydrogens (tertiary/aromatic N) is 1. The molecule has 1 unspecified atom stereocenters. The summed E-state index contributed by atoms with van der Waals surface area (Å²) in [6, 6.07) is 6.49. The van der Waals surface area contributed by atoms with Crippen molar-refractivity contribution in [1.82, 2.24) is 10.2 Å². The van der Waals surface area contributed by atoms with Crippen molar-refractivity contribution >= 4 is 5.91 Å². The minimum absolute atomic E-state index is 0.00587. The fraction of sp³-hybridized carbons (Fsp3) is 0.500. The van der Waals surface area contributed by atoms with Gasteiger partial charge in [0.2, 0.25) is 5.91 Å². The first-order chi connectivity index (χ1) is 8.58. The lowest BCUT2D eigenvalue weighted by Gasteiger charge is -2.25. The average Bonchev–Trinajstić information content (AvgIpc) is 2.75. The van der Waals surface area contributed by atoms with E-state index in [0.717, 1.165) is 18.8 Å². The first kappa shape index (κ1) is 12.9. The third-order valence-electron chi connectivity index (χ3n) is 3.27. The van der Waals surface area contributed by atoms with Crippen LogP contribution in [0, 0.1) is 0 Å². The van der Waals surface area contributed by atoms with E-state index in [0.29, 0.717) is 6.54 Å². The van der Waals surface area contributed by atoms with Gasteiger partial charge in [0.25, 0.3) is 0 Å². The summed E-state index contributed by atoms with van der Waals surface area (Å²) < 4.78 is 5.51. The van der Waals surface area contributed by atoms with Gasteiger partial charge >= 0.3 is 0 Å². The first-order valence-corrected chi connectivity index (χ1v) is 6.24. The van der Waals surface area contributed by atoms with Gasteiger partial charge in [0.15, 0.2) is 0 Å². The lowest BCUT2D eigenvalue weighted by molar-refractivity contribution is -0.119. The Labute approximate surface area is 108 Å². The highest BCUT2D eigenvalue weighted by Gasteiger charge is 2.18. The standard InChI is InChI=1S/C14H20N2O2/c1-10(17)15-9-13(16(2)3)11-4-5-14-12(8-11)6-7-18-14/h4-5,8,13H,6-7,9H2,1-3H3,(H,15,17). The van der Waals surface area contributed by atoms with Crippen molar-refractivity contribution in [3.05, 3.63) is 29.3 Å². The first-order valence-electron chi connectivity index (χ1n) is 6.24. The Hall–Kier alpha value is -1.55. The smallest absolute Gasteiger partial charge is 0.216 e. The zero-order valence-corrected chi connectivity index (χ0v) is 11.2. The number of fused-ring (bicyclic) bond motifs is 1. The second-order valence-corrected chi connectivity index (χ2v) is 4.88. The number of hydrogen-bond donors (Lipinski definition) is 1. The molecule has 1 amide bonds. The maximum atomic E-state index is 11.0. The SMILES string of the molecule is CC(=O)NCC(c1ccc2c(c1)CCO2)N(C)C. The molecule has 0 spiro atoms. The Morgan fingerprint density at radius 1 is 1.50 bits per heavy atom. The average molecular weight is 248 g/mol.